The maximum atomic E-state index is 11.9. The summed E-state index contributed by atoms with van der Waals surface area (Å²) in [6, 6.07) is 10.4. The number of benzene rings is 1. The van der Waals surface area contributed by atoms with Crippen molar-refractivity contribution in [1.29, 1.82) is 0 Å². The number of nitrogens with zero attached hydrogens (tertiary/aromatic N) is 1. The van der Waals surface area contributed by atoms with Crippen LogP contribution in [0.25, 0.3) is 0 Å². The highest BCUT2D eigenvalue weighted by molar-refractivity contribution is 7.92. The van der Waals surface area contributed by atoms with Crippen molar-refractivity contribution in [3.8, 4) is 0 Å². The summed E-state index contributed by atoms with van der Waals surface area (Å²) in [7, 11) is -3.55. The number of carboxylic acid groups (broad SMARTS) is 1. The molecule has 6 heteroatoms. The van der Waals surface area contributed by atoms with Gasteiger partial charge < -0.3 is 5.11 Å². The minimum atomic E-state index is -3.55. The third-order valence-electron chi connectivity index (χ3n) is 4.35. The molecule has 0 spiro atoms. The molecule has 128 valence electrons. The SMILES string of the molecule is O=C(O)CS(=O)(=O)CCN(Cc1ccccc1)C1CCCCC1. The van der Waals surface area contributed by atoms with E-state index in [-0.39, 0.29) is 5.75 Å². The van der Waals surface area contributed by atoms with Crippen LogP contribution in [-0.2, 0) is 21.2 Å². The number of sulfone groups is 1. The molecule has 0 heterocycles. The van der Waals surface area contributed by atoms with E-state index >= 15 is 0 Å². The van der Waals surface area contributed by atoms with Crippen LogP contribution in [0.4, 0.5) is 0 Å². The van der Waals surface area contributed by atoms with E-state index in [0.717, 1.165) is 18.4 Å². The maximum Gasteiger partial charge on any atom is 0.318 e. The molecular formula is C17H25NO4S. The fraction of sp³-hybridized carbons (Fsp3) is 0.588. The van der Waals surface area contributed by atoms with E-state index in [1.807, 2.05) is 30.3 Å². The van der Waals surface area contributed by atoms with Gasteiger partial charge in [0.25, 0.3) is 0 Å². The van der Waals surface area contributed by atoms with Crippen molar-refractivity contribution in [2.75, 3.05) is 18.1 Å². The third-order valence-corrected chi connectivity index (χ3v) is 5.84. The fourth-order valence-corrected chi connectivity index (χ4v) is 4.20. The first-order chi connectivity index (χ1) is 11.0. The molecule has 0 aliphatic heterocycles. The Kier molecular flexibility index (Phi) is 6.59. The van der Waals surface area contributed by atoms with Crippen LogP contribution in [0.2, 0.25) is 0 Å². The maximum absolute atomic E-state index is 11.9. The van der Waals surface area contributed by atoms with Gasteiger partial charge in [-0.25, -0.2) is 8.42 Å². The summed E-state index contributed by atoms with van der Waals surface area (Å²) >= 11 is 0. The summed E-state index contributed by atoms with van der Waals surface area (Å²) in [4.78, 5) is 12.9. The molecular weight excluding hydrogens is 314 g/mol. The van der Waals surface area contributed by atoms with Gasteiger partial charge in [0, 0.05) is 19.1 Å². The molecule has 0 bridgehead atoms. The topological polar surface area (TPSA) is 74.7 Å². The number of hydrogen-bond acceptors (Lipinski definition) is 4. The predicted octanol–water partition coefficient (Wildman–Crippen LogP) is 2.32. The molecule has 1 N–H and O–H groups in total. The first-order valence-corrected chi connectivity index (χ1v) is 9.98. The first-order valence-electron chi connectivity index (χ1n) is 8.16. The Morgan fingerprint density at radius 1 is 1.13 bits per heavy atom. The number of hydrogen-bond donors (Lipinski definition) is 1. The Balaban J connectivity index is 2.02. The van der Waals surface area contributed by atoms with Crippen LogP contribution in [0.3, 0.4) is 0 Å². The molecule has 1 saturated carbocycles. The zero-order valence-electron chi connectivity index (χ0n) is 13.4. The van der Waals surface area contributed by atoms with Gasteiger partial charge in [-0.3, -0.25) is 9.69 Å². The first kappa shape index (κ1) is 17.9. The van der Waals surface area contributed by atoms with Crippen LogP contribution < -0.4 is 0 Å². The number of aliphatic carboxylic acids is 1. The molecule has 1 aliphatic carbocycles. The number of rotatable bonds is 8. The molecule has 0 unspecified atom stereocenters. The van der Waals surface area contributed by atoms with E-state index in [1.165, 1.54) is 19.3 Å². The minimum absolute atomic E-state index is 0.0946. The van der Waals surface area contributed by atoms with E-state index in [1.54, 1.807) is 0 Å². The van der Waals surface area contributed by atoms with Crippen molar-refractivity contribution >= 4 is 15.8 Å². The molecule has 0 radical (unpaired) electrons. The van der Waals surface area contributed by atoms with E-state index in [4.69, 9.17) is 5.11 Å². The zero-order chi connectivity index (χ0) is 16.7. The smallest absolute Gasteiger partial charge is 0.318 e. The van der Waals surface area contributed by atoms with E-state index in [9.17, 15) is 13.2 Å². The van der Waals surface area contributed by atoms with Gasteiger partial charge in [0.2, 0.25) is 0 Å². The van der Waals surface area contributed by atoms with Crippen LogP contribution in [-0.4, -0.2) is 48.5 Å². The van der Waals surface area contributed by atoms with Gasteiger partial charge in [0.05, 0.1) is 5.75 Å². The Morgan fingerprint density at radius 3 is 2.39 bits per heavy atom. The normalized spacial score (nSPS) is 16.6. The van der Waals surface area contributed by atoms with Gasteiger partial charge in [-0.1, -0.05) is 49.6 Å². The quantitative estimate of drug-likeness (QED) is 0.787. The molecule has 0 amide bonds. The van der Waals surface area contributed by atoms with Crippen molar-refractivity contribution in [2.45, 2.75) is 44.7 Å². The molecule has 23 heavy (non-hydrogen) atoms. The summed E-state index contributed by atoms with van der Waals surface area (Å²) in [6.45, 7) is 1.11. The number of carboxylic acids is 1. The van der Waals surface area contributed by atoms with Crippen molar-refractivity contribution < 1.29 is 18.3 Å². The molecule has 1 aromatic rings. The molecule has 1 aromatic carbocycles. The molecule has 2 rings (SSSR count). The summed E-state index contributed by atoms with van der Waals surface area (Å²) in [5.74, 6) is -2.16. The fourth-order valence-electron chi connectivity index (χ4n) is 3.17. The van der Waals surface area contributed by atoms with Crippen LogP contribution in [0, 0.1) is 0 Å². The monoisotopic (exact) mass is 339 g/mol. The lowest BCUT2D eigenvalue weighted by Crippen LogP contribution is -2.40. The van der Waals surface area contributed by atoms with Crippen LogP contribution >= 0.6 is 0 Å². The van der Waals surface area contributed by atoms with Crippen molar-refractivity contribution in [3.63, 3.8) is 0 Å². The second-order valence-electron chi connectivity index (χ2n) is 6.23. The van der Waals surface area contributed by atoms with E-state index < -0.39 is 21.6 Å². The van der Waals surface area contributed by atoms with Gasteiger partial charge in [-0.05, 0) is 18.4 Å². The predicted molar refractivity (Wildman–Crippen MR) is 90.0 cm³/mol. The van der Waals surface area contributed by atoms with Crippen molar-refractivity contribution in [2.24, 2.45) is 0 Å². The highest BCUT2D eigenvalue weighted by Gasteiger charge is 2.24. The van der Waals surface area contributed by atoms with Gasteiger partial charge in [-0.15, -0.1) is 0 Å². The Bertz CT molecular complexity index is 594. The lowest BCUT2D eigenvalue weighted by atomic mass is 9.94. The standard InChI is InChI=1S/C17H25NO4S/c19-17(20)14-23(21,22)12-11-18(16-9-5-2-6-10-16)13-15-7-3-1-4-8-15/h1,3-4,7-8,16H,2,5-6,9-14H2,(H,19,20). The summed E-state index contributed by atoms with van der Waals surface area (Å²) in [5, 5.41) is 8.71. The second kappa shape index (κ2) is 8.45. The van der Waals surface area contributed by atoms with Gasteiger partial charge in [0.15, 0.2) is 9.84 Å². The average molecular weight is 339 g/mol. The lowest BCUT2D eigenvalue weighted by Gasteiger charge is -2.34. The second-order valence-corrected chi connectivity index (χ2v) is 8.42. The van der Waals surface area contributed by atoms with Crippen molar-refractivity contribution in [3.05, 3.63) is 35.9 Å². The van der Waals surface area contributed by atoms with Gasteiger partial charge >= 0.3 is 5.97 Å². The Labute approximate surface area is 138 Å². The average Bonchev–Trinajstić information content (AvgIpc) is 2.52. The largest absolute Gasteiger partial charge is 0.480 e. The summed E-state index contributed by atoms with van der Waals surface area (Å²) in [6.07, 6.45) is 5.78. The van der Waals surface area contributed by atoms with Gasteiger partial charge in [0.1, 0.15) is 5.75 Å². The molecule has 5 nitrogen and oxygen atoms in total. The van der Waals surface area contributed by atoms with E-state index in [2.05, 4.69) is 4.90 Å². The number of carbonyl (C=O) groups is 1. The minimum Gasteiger partial charge on any atom is -0.480 e. The zero-order valence-corrected chi connectivity index (χ0v) is 14.2. The molecule has 0 aromatic heterocycles. The molecule has 0 saturated heterocycles. The van der Waals surface area contributed by atoms with Crippen LogP contribution in [0.5, 0.6) is 0 Å². The molecule has 1 aliphatic rings. The highest BCUT2D eigenvalue weighted by Crippen LogP contribution is 2.24. The summed E-state index contributed by atoms with van der Waals surface area (Å²) < 4.78 is 23.7. The van der Waals surface area contributed by atoms with Crippen molar-refractivity contribution in [1.82, 2.24) is 4.90 Å². The van der Waals surface area contributed by atoms with Crippen LogP contribution in [0.15, 0.2) is 30.3 Å². The Morgan fingerprint density at radius 2 is 1.78 bits per heavy atom. The molecule has 0 atom stereocenters. The highest BCUT2D eigenvalue weighted by atomic mass is 32.2. The lowest BCUT2D eigenvalue weighted by molar-refractivity contribution is -0.134. The third kappa shape index (κ3) is 6.31. The summed E-state index contributed by atoms with van der Waals surface area (Å²) in [5.41, 5.74) is 1.16. The Hall–Kier alpha value is -1.40. The van der Waals surface area contributed by atoms with Gasteiger partial charge in [-0.2, -0.15) is 0 Å². The molecule has 1 fully saturated rings. The van der Waals surface area contributed by atoms with E-state index in [0.29, 0.717) is 19.1 Å². The van der Waals surface area contributed by atoms with Crippen LogP contribution in [0.1, 0.15) is 37.7 Å².